The lowest BCUT2D eigenvalue weighted by molar-refractivity contribution is -0.137. The van der Waals surface area contributed by atoms with E-state index in [4.69, 9.17) is 11.6 Å². The first-order valence-corrected chi connectivity index (χ1v) is 9.26. The molecule has 1 aromatic heterocycles. The number of amides is 1. The van der Waals surface area contributed by atoms with Crippen molar-refractivity contribution in [1.29, 1.82) is 0 Å². The van der Waals surface area contributed by atoms with Crippen LogP contribution in [0.25, 0.3) is 5.69 Å². The minimum absolute atomic E-state index is 0.000760. The van der Waals surface area contributed by atoms with Crippen LogP contribution < -0.4 is 5.32 Å². The summed E-state index contributed by atoms with van der Waals surface area (Å²) in [5.74, 6) is -0.587. The first-order valence-electron chi connectivity index (χ1n) is 7.89. The van der Waals surface area contributed by atoms with Crippen molar-refractivity contribution in [1.82, 2.24) is 20.2 Å². The molecule has 1 N–H and O–H groups in total. The monoisotopic (exact) mass is 427 g/mol. The van der Waals surface area contributed by atoms with Gasteiger partial charge in [-0.2, -0.15) is 17.9 Å². The molecule has 0 aliphatic carbocycles. The molecular weight excluding hydrogens is 415 g/mol. The number of nitrogens with one attached hydrogen (secondary N) is 1. The second-order valence-corrected chi connectivity index (χ2v) is 7.04. The Labute approximate surface area is 167 Å². The number of aromatic nitrogens is 4. The number of hydrogen-bond donors (Lipinski definition) is 1. The molecule has 146 valence electrons. The predicted molar refractivity (Wildman–Crippen MR) is 99.7 cm³/mol. The fraction of sp³-hybridized carbons (Fsp3) is 0.176. The van der Waals surface area contributed by atoms with Crippen molar-refractivity contribution in [2.45, 2.75) is 18.3 Å². The van der Waals surface area contributed by atoms with Crippen molar-refractivity contribution in [2.24, 2.45) is 0 Å². The van der Waals surface area contributed by atoms with Crippen molar-refractivity contribution < 1.29 is 18.0 Å². The van der Waals surface area contributed by atoms with Gasteiger partial charge >= 0.3 is 6.18 Å². The standard InChI is InChI=1S/C17H13ClF3N5OS/c1-10-4-2-3-5-14(10)26-16(23-24-25-26)28-9-15(27)22-11-6-7-13(18)12(8-11)17(19,20)21/h2-8H,9H2,1H3,(H,22,27). The van der Waals surface area contributed by atoms with Crippen LogP contribution in [0.15, 0.2) is 47.6 Å². The Morgan fingerprint density at radius 1 is 1.25 bits per heavy atom. The highest BCUT2D eigenvalue weighted by Crippen LogP contribution is 2.36. The van der Waals surface area contributed by atoms with Gasteiger partial charge in [0.2, 0.25) is 11.1 Å². The quantitative estimate of drug-likeness (QED) is 0.612. The van der Waals surface area contributed by atoms with Crippen molar-refractivity contribution in [3.63, 3.8) is 0 Å². The minimum Gasteiger partial charge on any atom is -0.325 e. The van der Waals surface area contributed by atoms with Gasteiger partial charge in [-0.15, -0.1) is 5.10 Å². The Hall–Kier alpha value is -2.59. The second kappa shape index (κ2) is 8.19. The van der Waals surface area contributed by atoms with E-state index in [1.807, 2.05) is 31.2 Å². The number of aryl methyl sites for hydroxylation is 1. The largest absolute Gasteiger partial charge is 0.417 e. The van der Waals surface area contributed by atoms with E-state index in [-0.39, 0.29) is 11.4 Å². The molecule has 0 saturated carbocycles. The lowest BCUT2D eigenvalue weighted by Gasteiger charge is -2.11. The number of nitrogens with zero attached hydrogens (tertiary/aromatic N) is 4. The van der Waals surface area contributed by atoms with Crippen LogP contribution >= 0.6 is 23.4 Å². The molecule has 3 aromatic rings. The zero-order valence-corrected chi connectivity index (χ0v) is 15.9. The smallest absolute Gasteiger partial charge is 0.325 e. The highest BCUT2D eigenvalue weighted by molar-refractivity contribution is 7.99. The van der Waals surface area contributed by atoms with Gasteiger partial charge in [0.25, 0.3) is 0 Å². The van der Waals surface area contributed by atoms with Gasteiger partial charge in [0.05, 0.1) is 22.0 Å². The Kier molecular flexibility index (Phi) is 5.90. The number of halogens is 4. The van der Waals surface area contributed by atoms with Crippen molar-refractivity contribution in [3.8, 4) is 5.69 Å². The summed E-state index contributed by atoms with van der Waals surface area (Å²) in [6.45, 7) is 1.90. The van der Waals surface area contributed by atoms with Gasteiger partial charge in [0.15, 0.2) is 0 Å². The summed E-state index contributed by atoms with van der Waals surface area (Å²) in [4.78, 5) is 12.1. The normalized spacial score (nSPS) is 11.5. The molecule has 1 amide bonds. The minimum atomic E-state index is -4.61. The highest BCUT2D eigenvalue weighted by Gasteiger charge is 2.33. The maximum absolute atomic E-state index is 12.9. The first-order chi connectivity index (χ1) is 13.3. The fourth-order valence-corrected chi connectivity index (χ4v) is 3.28. The summed E-state index contributed by atoms with van der Waals surface area (Å²) in [6, 6.07) is 10.6. The van der Waals surface area contributed by atoms with E-state index in [2.05, 4.69) is 20.8 Å². The highest BCUT2D eigenvalue weighted by atomic mass is 35.5. The summed E-state index contributed by atoms with van der Waals surface area (Å²) >= 11 is 6.64. The molecule has 28 heavy (non-hydrogen) atoms. The third-order valence-electron chi connectivity index (χ3n) is 3.67. The van der Waals surface area contributed by atoms with Crippen molar-refractivity contribution in [2.75, 3.05) is 11.1 Å². The van der Waals surface area contributed by atoms with E-state index >= 15 is 0 Å². The number of hydrogen-bond acceptors (Lipinski definition) is 5. The summed E-state index contributed by atoms with van der Waals surface area (Å²) in [6.07, 6.45) is -4.61. The molecule has 0 radical (unpaired) electrons. The molecule has 3 rings (SSSR count). The lowest BCUT2D eigenvalue weighted by atomic mass is 10.2. The number of anilines is 1. The number of carbonyl (C=O) groups excluding carboxylic acids is 1. The molecule has 0 aliphatic rings. The van der Waals surface area contributed by atoms with Gasteiger partial charge in [0.1, 0.15) is 0 Å². The van der Waals surface area contributed by atoms with E-state index in [1.54, 1.807) is 0 Å². The number of carbonyl (C=O) groups is 1. The average Bonchev–Trinajstić information content (AvgIpc) is 3.09. The summed E-state index contributed by atoms with van der Waals surface area (Å²) in [5, 5.41) is 13.8. The van der Waals surface area contributed by atoms with Gasteiger partial charge in [-0.3, -0.25) is 4.79 Å². The van der Waals surface area contributed by atoms with Gasteiger partial charge < -0.3 is 5.32 Å². The van der Waals surface area contributed by atoms with Crippen LogP contribution in [0.3, 0.4) is 0 Å². The van der Waals surface area contributed by atoms with E-state index in [0.717, 1.165) is 35.1 Å². The fourth-order valence-electron chi connectivity index (χ4n) is 2.37. The van der Waals surface area contributed by atoms with E-state index in [0.29, 0.717) is 5.16 Å². The van der Waals surface area contributed by atoms with Crippen LogP contribution in [0.1, 0.15) is 11.1 Å². The van der Waals surface area contributed by atoms with Crippen LogP contribution in [0.4, 0.5) is 18.9 Å². The van der Waals surface area contributed by atoms with Gasteiger partial charge in [-0.05, 0) is 47.2 Å². The molecule has 11 heteroatoms. The summed E-state index contributed by atoms with van der Waals surface area (Å²) < 4.78 is 40.2. The SMILES string of the molecule is Cc1ccccc1-n1nnnc1SCC(=O)Nc1ccc(Cl)c(C(F)(F)F)c1. The number of alkyl halides is 3. The van der Waals surface area contributed by atoms with Crippen molar-refractivity contribution >= 4 is 35.0 Å². The first kappa shape index (κ1) is 20.2. The summed E-state index contributed by atoms with van der Waals surface area (Å²) in [5.41, 5.74) is 0.703. The number of tetrazole rings is 1. The third-order valence-corrected chi connectivity index (χ3v) is 4.92. The average molecular weight is 428 g/mol. The second-order valence-electron chi connectivity index (χ2n) is 5.69. The van der Waals surface area contributed by atoms with E-state index in [1.165, 1.54) is 10.7 Å². The Bertz CT molecular complexity index is 1010. The Morgan fingerprint density at radius 3 is 2.71 bits per heavy atom. The Morgan fingerprint density at radius 2 is 2.00 bits per heavy atom. The molecule has 2 aromatic carbocycles. The topological polar surface area (TPSA) is 72.7 Å². The maximum atomic E-state index is 12.9. The molecule has 0 unspecified atom stereocenters. The molecule has 1 heterocycles. The molecule has 6 nitrogen and oxygen atoms in total. The molecule has 0 bridgehead atoms. The van der Waals surface area contributed by atoms with Gasteiger partial charge in [0, 0.05) is 5.69 Å². The molecule has 0 spiro atoms. The predicted octanol–water partition coefficient (Wildman–Crippen LogP) is 4.37. The Balaban J connectivity index is 1.68. The van der Waals surface area contributed by atoms with Crippen LogP contribution in [0.2, 0.25) is 5.02 Å². The molecule has 0 fully saturated rings. The molecule has 0 aliphatic heterocycles. The van der Waals surface area contributed by atoms with Crippen molar-refractivity contribution in [3.05, 3.63) is 58.6 Å². The number of benzene rings is 2. The number of para-hydroxylation sites is 1. The lowest BCUT2D eigenvalue weighted by Crippen LogP contribution is -2.15. The van der Waals surface area contributed by atoms with E-state index < -0.39 is 22.7 Å². The van der Waals surface area contributed by atoms with Gasteiger partial charge in [-0.25, -0.2) is 0 Å². The number of rotatable bonds is 5. The van der Waals surface area contributed by atoms with Crippen LogP contribution in [-0.4, -0.2) is 31.9 Å². The molecule has 0 saturated heterocycles. The zero-order chi connectivity index (χ0) is 20.3. The summed E-state index contributed by atoms with van der Waals surface area (Å²) in [7, 11) is 0. The van der Waals surface area contributed by atoms with Crippen LogP contribution in [-0.2, 0) is 11.0 Å². The molecule has 0 atom stereocenters. The molecular formula is C17H13ClF3N5OS. The number of thioether (sulfide) groups is 1. The van der Waals surface area contributed by atoms with Crippen LogP contribution in [0, 0.1) is 6.92 Å². The van der Waals surface area contributed by atoms with E-state index in [9.17, 15) is 18.0 Å². The third kappa shape index (κ3) is 4.63. The zero-order valence-electron chi connectivity index (χ0n) is 14.4. The van der Waals surface area contributed by atoms with Gasteiger partial charge in [-0.1, -0.05) is 41.6 Å². The maximum Gasteiger partial charge on any atom is 0.417 e. The van der Waals surface area contributed by atoms with Crippen LogP contribution in [0.5, 0.6) is 0 Å².